The van der Waals surface area contributed by atoms with Crippen molar-refractivity contribution in [2.45, 2.75) is 0 Å². The normalized spacial score (nSPS) is 11.8. The van der Waals surface area contributed by atoms with Crippen LogP contribution in [0.1, 0.15) is 0 Å². The molecule has 13 aromatic carbocycles. The van der Waals surface area contributed by atoms with Crippen LogP contribution in [0.15, 0.2) is 231 Å². The van der Waals surface area contributed by atoms with Gasteiger partial charge in [-0.2, -0.15) is 0 Å². The highest BCUT2D eigenvalue weighted by Gasteiger charge is 2.19. The summed E-state index contributed by atoms with van der Waals surface area (Å²) >= 11 is 0. The second-order valence-electron chi connectivity index (χ2n) is 16.7. The summed E-state index contributed by atoms with van der Waals surface area (Å²) in [5.41, 5.74) is 4.82. The summed E-state index contributed by atoms with van der Waals surface area (Å²) < 4.78 is 12.7. The Morgan fingerprint density at radius 2 is 0.500 bits per heavy atom. The fraction of sp³-hybridized carbons (Fsp3) is 0. The lowest BCUT2D eigenvalue weighted by Crippen LogP contribution is -1.91. The van der Waals surface area contributed by atoms with E-state index in [4.69, 9.17) is 9.47 Å². The number of ether oxygens (including phenoxy) is 2. The van der Waals surface area contributed by atoms with Crippen LogP contribution in [0, 0.1) is 0 Å². The molecule has 0 saturated heterocycles. The third-order valence-electron chi connectivity index (χ3n) is 13.1. The molecule has 0 N–H and O–H groups in total. The Kier molecular flexibility index (Phi) is 8.25. The van der Waals surface area contributed by atoms with E-state index in [1.54, 1.807) is 0 Å². The first-order valence-corrected chi connectivity index (χ1v) is 21.9. The molecule has 0 saturated carbocycles. The predicted molar refractivity (Wildman–Crippen MR) is 270 cm³/mol. The quantitative estimate of drug-likeness (QED) is 0.156. The molecule has 0 radical (unpaired) electrons. The van der Waals surface area contributed by atoms with Gasteiger partial charge in [0.1, 0.15) is 23.0 Å². The molecule has 0 aromatic heterocycles. The molecule has 13 rings (SSSR count). The zero-order valence-corrected chi connectivity index (χ0v) is 34.8. The molecule has 64 heavy (non-hydrogen) atoms. The topological polar surface area (TPSA) is 18.5 Å². The summed E-state index contributed by atoms with van der Waals surface area (Å²) in [6.45, 7) is 0. The summed E-state index contributed by atoms with van der Waals surface area (Å²) in [6, 6.07) is 82.5. The van der Waals surface area contributed by atoms with Gasteiger partial charge in [-0.25, -0.2) is 0 Å². The van der Waals surface area contributed by atoms with E-state index in [1.807, 2.05) is 60.7 Å². The minimum absolute atomic E-state index is 0.827. The molecule has 2 heteroatoms. The van der Waals surface area contributed by atoms with Gasteiger partial charge in [0.2, 0.25) is 0 Å². The molecule has 2 nitrogen and oxygen atoms in total. The van der Waals surface area contributed by atoms with Crippen LogP contribution in [0.5, 0.6) is 23.0 Å². The lowest BCUT2D eigenvalue weighted by molar-refractivity contribution is 0.483. The van der Waals surface area contributed by atoms with Gasteiger partial charge in [-0.15, -0.1) is 0 Å². The fourth-order valence-corrected chi connectivity index (χ4v) is 10.3. The lowest BCUT2D eigenvalue weighted by Gasteiger charge is -2.18. The molecule has 0 bridgehead atoms. The van der Waals surface area contributed by atoms with Crippen LogP contribution >= 0.6 is 0 Å². The molecule has 0 spiro atoms. The van der Waals surface area contributed by atoms with E-state index in [0.717, 1.165) is 23.0 Å². The fourth-order valence-electron chi connectivity index (χ4n) is 10.3. The molecule has 0 aliphatic carbocycles. The second kappa shape index (κ2) is 14.6. The maximum atomic E-state index is 6.35. The van der Waals surface area contributed by atoms with Gasteiger partial charge in [0, 0.05) is 0 Å². The number of para-hydroxylation sites is 2. The number of hydrogen-bond donors (Lipinski definition) is 0. The molecule has 0 aliphatic heterocycles. The van der Waals surface area contributed by atoms with Crippen molar-refractivity contribution >= 4 is 86.2 Å². The molecule has 13 aromatic rings. The number of hydrogen-bond acceptors (Lipinski definition) is 2. The van der Waals surface area contributed by atoms with Crippen molar-refractivity contribution < 1.29 is 9.47 Å². The minimum atomic E-state index is 0.827. The summed E-state index contributed by atoms with van der Waals surface area (Å²) in [6.07, 6.45) is 0. The van der Waals surface area contributed by atoms with E-state index in [-0.39, 0.29) is 0 Å². The van der Waals surface area contributed by atoms with E-state index in [2.05, 4.69) is 170 Å². The van der Waals surface area contributed by atoms with Crippen molar-refractivity contribution in [2.75, 3.05) is 0 Å². The van der Waals surface area contributed by atoms with E-state index < -0.39 is 0 Å². The second-order valence-corrected chi connectivity index (χ2v) is 16.7. The molecule has 0 heterocycles. The summed E-state index contributed by atoms with van der Waals surface area (Å²) in [4.78, 5) is 0. The summed E-state index contributed by atoms with van der Waals surface area (Å²) in [5.74, 6) is 3.31. The van der Waals surface area contributed by atoms with Crippen LogP contribution in [-0.4, -0.2) is 0 Å². The third kappa shape index (κ3) is 5.81. The first kappa shape index (κ1) is 36.2. The van der Waals surface area contributed by atoms with Crippen molar-refractivity contribution in [3.8, 4) is 45.3 Å². The highest BCUT2D eigenvalue weighted by atomic mass is 16.5. The van der Waals surface area contributed by atoms with E-state index >= 15 is 0 Å². The first-order chi connectivity index (χ1) is 31.7. The number of fused-ring (bicyclic) bond motifs is 16. The maximum absolute atomic E-state index is 6.35. The average Bonchev–Trinajstić information content (AvgIpc) is 3.36. The zero-order valence-electron chi connectivity index (χ0n) is 34.8. The van der Waals surface area contributed by atoms with Gasteiger partial charge in [0.05, 0.1) is 0 Å². The Morgan fingerprint density at radius 1 is 0.188 bits per heavy atom. The highest BCUT2D eigenvalue weighted by molar-refractivity contribution is 6.34. The monoisotopic (exact) mass is 814 g/mol. The Hall–Kier alpha value is -8.46. The Balaban J connectivity index is 0.971. The van der Waals surface area contributed by atoms with Crippen molar-refractivity contribution in [2.24, 2.45) is 0 Å². The predicted octanol–water partition coefficient (Wildman–Crippen LogP) is 17.8. The van der Waals surface area contributed by atoms with Crippen LogP contribution in [0.25, 0.3) is 108 Å². The van der Waals surface area contributed by atoms with Crippen LogP contribution in [0.3, 0.4) is 0 Å². The number of rotatable bonds is 6. The molecule has 298 valence electrons. The minimum Gasteiger partial charge on any atom is -0.457 e. The SMILES string of the molecule is c1ccc(Oc2ccc3c(c2)c2ccccc2c2cc(-c4ccc(-c5cc6c7ccccc7c7cc(Oc8ccccc8)ccc7c6c6ccccc56)cc4)c4ccccc4c32)cc1. The molecule has 0 amide bonds. The largest absolute Gasteiger partial charge is 0.457 e. The van der Waals surface area contributed by atoms with Gasteiger partial charge in [-0.3, -0.25) is 0 Å². The third-order valence-corrected chi connectivity index (χ3v) is 13.1. The standard InChI is InChI=1S/C62H38O2/c1-3-15-41(16-4-1)63-43-31-33-53-57(35-43)45-19-7-9-21-47(45)59-37-55(49-23-11-13-25-51(49)61(53)59)39-27-29-40(30-28-39)56-38-60-48-22-10-8-20-46(48)58-36-44(64-42-17-5-2-6-18-42)32-34-54(58)62(60)52-26-14-12-24-50(52)56/h1-38H. The van der Waals surface area contributed by atoms with Gasteiger partial charge < -0.3 is 9.47 Å². The van der Waals surface area contributed by atoms with Crippen molar-refractivity contribution in [3.05, 3.63) is 231 Å². The van der Waals surface area contributed by atoms with Gasteiger partial charge in [0.25, 0.3) is 0 Å². The Morgan fingerprint density at radius 3 is 0.891 bits per heavy atom. The van der Waals surface area contributed by atoms with Gasteiger partial charge in [0.15, 0.2) is 0 Å². The van der Waals surface area contributed by atoms with Crippen molar-refractivity contribution in [3.63, 3.8) is 0 Å². The van der Waals surface area contributed by atoms with Crippen molar-refractivity contribution in [1.29, 1.82) is 0 Å². The van der Waals surface area contributed by atoms with E-state index in [0.29, 0.717) is 0 Å². The summed E-state index contributed by atoms with van der Waals surface area (Å²) in [5, 5.41) is 19.7. The Labute approximate surface area is 369 Å². The van der Waals surface area contributed by atoms with Crippen molar-refractivity contribution in [1.82, 2.24) is 0 Å². The molecule has 0 unspecified atom stereocenters. The van der Waals surface area contributed by atoms with Gasteiger partial charge in [-0.1, -0.05) is 170 Å². The van der Waals surface area contributed by atoms with Gasteiger partial charge >= 0.3 is 0 Å². The van der Waals surface area contributed by atoms with Crippen LogP contribution in [-0.2, 0) is 0 Å². The van der Waals surface area contributed by atoms with E-state index in [9.17, 15) is 0 Å². The lowest BCUT2D eigenvalue weighted by atomic mass is 9.86. The summed E-state index contributed by atoms with van der Waals surface area (Å²) in [7, 11) is 0. The molecular weight excluding hydrogens is 777 g/mol. The zero-order chi connectivity index (χ0) is 42.1. The molecule has 0 fully saturated rings. The van der Waals surface area contributed by atoms with Gasteiger partial charge in [-0.05, 0) is 169 Å². The van der Waals surface area contributed by atoms with E-state index in [1.165, 1.54) is 108 Å². The Bertz CT molecular complexity index is 3720. The maximum Gasteiger partial charge on any atom is 0.128 e. The number of benzene rings is 13. The van der Waals surface area contributed by atoms with Crippen LogP contribution < -0.4 is 9.47 Å². The molecular formula is C62H38O2. The molecule has 0 atom stereocenters. The average molecular weight is 815 g/mol. The molecule has 0 aliphatic rings. The van der Waals surface area contributed by atoms with Crippen LogP contribution in [0.2, 0.25) is 0 Å². The first-order valence-electron chi connectivity index (χ1n) is 21.9. The van der Waals surface area contributed by atoms with Crippen LogP contribution in [0.4, 0.5) is 0 Å². The highest BCUT2D eigenvalue weighted by Crippen LogP contribution is 2.46. The smallest absolute Gasteiger partial charge is 0.128 e.